The fourth-order valence-corrected chi connectivity index (χ4v) is 2.57. The number of hydrogen-bond acceptors (Lipinski definition) is 6. The third-order valence-corrected chi connectivity index (χ3v) is 4.70. The predicted molar refractivity (Wildman–Crippen MR) is 107 cm³/mol. The Bertz CT molecular complexity index is 791. The van der Waals surface area contributed by atoms with Gasteiger partial charge in [0.25, 0.3) is 0 Å². The summed E-state index contributed by atoms with van der Waals surface area (Å²) in [6.45, 7) is 11.2. The minimum absolute atomic E-state index is 0.133. The lowest BCUT2D eigenvalue weighted by Gasteiger charge is -2.14. The molecule has 29 heavy (non-hydrogen) atoms. The van der Waals surface area contributed by atoms with E-state index in [0.29, 0.717) is 24.0 Å². The van der Waals surface area contributed by atoms with Gasteiger partial charge >= 0.3 is 18.2 Å². The highest BCUT2D eigenvalue weighted by atomic mass is 17.3. The largest absolute Gasteiger partial charge is 0.373 e. The first-order chi connectivity index (χ1) is 13.8. The van der Waals surface area contributed by atoms with Crippen molar-refractivity contribution in [2.75, 3.05) is 0 Å². The molecular formula is C23H26O6. The quantitative estimate of drug-likeness (QED) is 0.422. The molecule has 2 aromatic rings. The summed E-state index contributed by atoms with van der Waals surface area (Å²) in [5.74, 6) is -1.33. The van der Waals surface area contributed by atoms with E-state index in [2.05, 4.69) is 6.92 Å². The number of hydrogen-bond donors (Lipinski definition) is 0. The number of aryl methyl sites for hydroxylation is 2. The molecule has 0 saturated heterocycles. The van der Waals surface area contributed by atoms with E-state index in [-0.39, 0.29) is 12.7 Å². The third-order valence-electron chi connectivity index (χ3n) is 4.70. The van der Waals surface area contributed by atoms with Crippen molar-refractivity contribution >= 4 is 11.9 Å². The molecular weight excluding hydrogens is 372 g/mol. The summed E-state index contributed by atoms with van der Waals surface area (Å²) >= 11 is 0. The van der Waals surface area contributed by atoms with Crippen LogP contribution in [-0.2, 0) is 19.6 Å². The number of unbranched alkanes of at least 4 members (excludes halogenated alkanes) is 1. The topological polar surface area (TPSA) is 71.1 Å². The van der Waals surface area contributed by atoms with Crippen LogP contribution < -0.4 is 0 Å². The summed E-state index contributed by atoms with van der Waals surface area (Å²) < 4.78 is 0. The van der Waals surface area contributed by atoms with Crippen molar-refractivity contribution in [3.05, 3.63) is 83.0 Å². The van der Waals surface area contributed by atoms with Gasteiger partial charge in [0.05, 0.1) is 11.1 Å². The molecule has 0 saturated carbocycles. The molecule has 6 heteroatoms. The molecule has 0 amide bonds. The van der Waals surface area contributed by atoms with Crippen LogP contribution in [-0.4, -0.2) is 11.9 Å². The fraction of sp³-hybridized carbons (Fsp3) is 0.304. The molecule has 2 aromatic carbocycles. The van der Waals surface area contributed by atoms with Crippen LogP contribution in [0.4, 0.5) is 0 Å². The zero-order chi connectivity index (χ0) is 21.4. The van der Waals surface area contributed by atoms with Crippen LogP contribution in [0.5, 0.6) is 0 Å². The van der Waals surface area contributed by atoms with Crippen LogP contribution in [0.3, 0.4) is 0 Å². The first kappa shape index (κ1) is 22.6. The molecule has 0 aliphatic carbocycles. The Kier molecular flexibility index (Phi) is 8.36. The minimum atomic E-state index is -0.664. The number of rotatable bonds is 9. The van der Waals surface area contributed by atoms with Crippen LogP contribution in [0.25, 0.3) is 0 Å². The van der Waals surface area contributed by atoms with Gasteiger partial charge in [0.1, 0.15) is 0 Å². The zero-order valence-corrected chi connectivity index (χ0v) is 17.2. The highest BCUT2D eigenvalue weighted by molar-refractivity contribution is 5.91. The Hall–Kier alpha value is -2.70. The van der Waals surface area contributed by atoms with E-state index >= 15 is 0 Å². The second-order valence-electron chi connectivity index (χ2n) is 6.73. The summed E-state index contributed by atoms with van der Waals surface area (Å²) in [4.78, 5) is 44.5. The van der Waals surface area contributed by atoms with Gasteiger partial charge in [0.2, 0.25) is 0 Å². The Morgan fingerprint density at radius 2 is 1.21 bits per heavy atom. The van der Waals surface area contributed by atoms with Gasteiger partial charge in [-0.25, -0.2) is 9.59 Å². The highest BCUT2D eigenvalue weighted by Crippen LogP contribution is 2.20. The maximum atomic E-state index is 12.3. The molecule has 0 atom stereocenters. The van der Waals surface area contributed by atoms with E-state index in [9.17, 15) is 9.59 Å². The van der Waals surface area contributed by atoms with Gasteiger partial charge in [-0.05, 0) is 68.5 Å². The van der Waals surface area contributed by atoms with Crippen LogP contribution >= 0.6 is 0 Å². The summed E-state index contributed by atoms with van der Waals surface area (Å²) in [5, 5.41) is 0. The van der Waals surface area contributed by atoms with Crippen molar-refractivity contribution in [3.63, 3.8) is 0 Å². The summed E-state index contributed by atoms with van der Waals surface area (Å²) in [6, 6.07) is 10.6. The zero-order valence-electron chi connectivity index (χ0n) is 17.2. The Morgan fingerprint density at radius 3 is 1.62 bits per heavy atom. The molecule has 0 aliphatic heterocycles. The molecule has 0 heterocycles. The molecule has 0 spiro atoms. The monoisotopic (exact) mass is 398 g/mol. The minimum Gasteiger partial charge on any atom is -0.289 e. The van der Waals surface area contributed by atoms with Gasteiger partial charge in [-0.15, -0.1) is 9.78 Å². The van der Waals surface area contributed by atoms with E-state index in [1.807, 2.05) is 39.8 Å². The van der Waals surface area contributed by atoms with E-state index in [0.717, 1.165) is 22.3 Å². The van der Waals surface area contributed by atoms with Crippen molar-refractivity contribution in [1.29, 1.82) is 0 Å². The Balaban J connectivity index is 1.98. The smallest absolute Gasteiger partial charge is 0.289 e. The van der Waals surface area contributed by atoms with E-state index in [4.69, 9.17) is 19.6 Å². The van der Waals surface area contributed by atoms with Gasteiger partial charge in [0, 0.05) is 6.42 Å². The van der Waals surface area contributed by atoms with Crippen LogP contribution in [0, 0.1) is 40.9 Å². The lowest BCUT2D eigenvalue weighted by atomic mass is 10.0. The van der Waals surface area contributed by atoms with Crippen molar-refractivity contribution in [2.24, 2.45) is 0 Å². The molecule has 0 aromatic heterocycles. The molecule has 2 rings (SSSR count). The molecule has 0 N–H and O–H groups in total. The van der Waals surface area contributed by atoms with E-state index < -0.39 is 11.9 Å². The SMILES string of the molecule is [CH2]CCC[C](OOC(=O)c1cccc(C)c1C)OOC(=O)c1cccc(C)c1C. The fourth-order valence-electron chi connectivity index (χ4n) is 2.57. The van der Waals surface area contributed by atoms with Crippen LogP contribution in [0.2, 0.25) is 0 Å². The lowest BCUT2D eigenvalue weighted by molar-refractivity contribution is -0.363. The Morgan fingerprint density at radius 1 is 0.759 bits per heavy atom. The van der Waals surface area contributed by atoms with Crippen LogP contribution in [0.15, 0.2) is 36.4 Å². The highest BCUT2D eigenvalue weighted by Gasteiger charge is 2.22. The van der Waals surface area contributed by atoms with Gasteiger partial charge < -0.3 is 0 Å². The Labute approximate surface area is 171 Å². The molecule has 2 radical (unpaired) electrons. The number of carbonyl (C=O) groups excluding carboxylic acids is 2. The molecule has 0 unspecified atom stereocenters. The number of benzene rings is 2. The standard InChI is InChI=1S/C23H26O6/c1-6-7-14-21(26-28-22(24)19-12-8-10-15(2)17(19)4)27-29-23(25)20-13-9-11-16(3)18(20)5/h8-13H,1,6-7,14H2,2-5H3. The maximum Gasteiger partial charge on any atom is 0.373 e. The second kappa shape index (κ2) is 10.7. The average molecular weight is 398 g/mol. The van der Waals surface area contributed by atoms with Gasteiger partial charge in [-0.2, -0.15) is 0 Å². The van der Waals surface area contributed by atoms with Crippen molar-refractivity contribution in [3.8, 4) is 0 Å². The van der Waals surface area contributed by atoms with Crippen molar-refractivity contribution in [2.45, 2.75) is 47.0 Å². The van der Waals surface area contributed by atoms with Crippen molar-refractivity contribution in [1.82, 2.24) is 0 Å². The maximum absolute atomic E-state index is 12.3. The molecule has 154 valence electrons. The van der Waals surface area contributed by atoms with E-state index in [1.165, 1.54) is 0 Å². The van der Waals surface area contributed by atoms with Crippen LogP contribution in [0.1, 0.15) is 62.2 Å². The summed E-state index contributed by atoms with van der Waals surface area (Å²) in [5.41, 5.74) is 4.27. The molecule has 0 fully saturated rings. The van der Waals surface area contributed by atoms with Gasteiger partial charge in [0.15, 0.2) is 0 Å². The average Bonchev–Trinajstić information content (AvgIpc) is 2.71. The summed E-state index contributed by atoms with van der Waals surface area (Å²) in [6.07, 6.45) is 1.32. The third kappa shape index (κ3) is 6.14. The van der Waals surface area contributed by atoms with E-state index in [1.54, 1.807) is 24.3 Å². The molecule has 0 aliphatic rings. The van der Waals surface area contributed by atoms with Gasteiger partial charge in [-0.1, -0.05) is 37.6 Å². The number of carbonyl (C=O) groups is 2. The first-order valence-electron chi connectivity index (χ1n) is 9.40. The lowest BCUT2D eigenvalue weighted by Crippen LogP contribution is -2.17. The normalized spacial score (nSPS) is 10.8. The van der Waals surface area contributed by atoms with Gasteiger partial charge in [-0.3, -0.25) is 9.78 Å². The first-order valence-corrected chi connectivity index (χ1v) is 9.40. The van der Waals surface area contributed by atoms with Crippen molar-refractivity contribution < 1.29 is 29.1 Å². The predicted octanol–water partition coefficient (Wildman–Crippen LogP) is 5.29. The molecule has 6 nitrogen and oxygen atoms in total. The summed E-state index contributed by atoms with van der Waals surface area (Å²) in [7, 11) is 0. The molecule has 0 bridgehead atoms. The second-order valence-corrected chi connectivity index (χ2v) is 6.73.